The first-order valence-corrected chi connectivity index (χ1v) is 9.23. The van der Waals surface area contributed by atoms with Gasteiger partial charge in [-0.25, -0.2) is 0 Å². The van der Waals surface area contributed by atoms with Crippen molar-refractivity contribution in [1.82, 2.24) is 0 Å². The van der Waals surface area contributed by atoms with Crippen LogP contribution in [0.5, 0.6) is 0 Å². The van der Waals surface area contributed by atoms with Gasteiger partial charge in [0.25, 0.3) is 0 Å². The largest absolute Gasteiger partial charge is 0.381 e. The first-order valence-electron chi connectivity index (χ1n) is 9.23. The minimum atomic E-state index is -0.102. The van der Waals surface area contributed by atoms with Crippen molar-refractivity contribution in [3.05, 3.63) is 12.2 Å². The van der Waals surface area contributed by atoms with Gasteiger partial charge in [-0.3, -0.25) is 4.79 Å². The number of ketones is 1. The number of hydrogen-bond acceptors (Lipinski definition) is 2. The molecule has 0 aromatic carbocycles. The lowest BCUT2D eigenvalue weighted by atomic mass is 9.45. The van der Waals surface area contributed by atoms with Gasteiger partial charge in [-0.2, -0.15) is 0 Å². The standard InChI is InChI=1S/C20H30O2/c1-19-11-5-4-6-13(19)7-8-14-15-9-10-17(21)20(15,2)12-16(22-3)18(14)19/h4,6,13-16,18H,5,7-12H2,1-3H3. The first kappa shape index (κ1) is 14.9. The van der Waals surface area contributed by atoms with Gasteiger partial charge in [0, 0.05) is 18.9 Å². The molecule has 0 aromatic heterocycles. The van der Waals surface area contributed by atoms with Gasteiger partial charge in [0.2, 0.25) is 0 Å². The summed E-state index contributed by atoms with van der Waals surface area (Å²) < 4.78 is 6.02. The van der Waals surface area contributed by atoms with E-state index in [1.807, 2.05) is 7.11 Å². The van der Waals surface area contributed by atoms with Crippen molar-refractivity contribution in [1.29, 1.82) is 0 Å². The number of carbonyl (C=O) groups is 1. The molecule has 122 valence electrons. The number of allylic oxidation sites excluding steroid dienone is 2. The van der Waals surface area contributed by atoms with E-state index in [9.17, 15) is 4.79 Å². The molecular weight excluding hydrogens is 272 g/mol. The zero-order valence-corrected chi connectivity index (χ0v) is 14.3. The Morgan fingerprint density at radius 3 is 2.82 bits per heavy atom. The highest BCUT2D eigenvalue weighted by atomic mass is 16.5. The molecule has 4 aliphatic rings. The Labute approximate surface area is 134 Å². The van der Waals surface area contributed by atoms with Gasteiger partial charge in [-0.1, -0.05) is 26.0 Å². The molecule has 3 fully saturated rings. The summed E-state index contributed by atoms with van der Waals surface area (Å²) in [7, 11) is 1.87. The molecule has 0 N–H and O–H groups in total. The van der Waals surface area contributed by atoms with Crippen molar-refractivity contribution in [3.63, 3.8) is 0 Å². The van der Waals surface area contributed by atoms with Crippen LogP contribution in [0.1, 0.15) is 58.8 Å². The summed E-state index contributed by atoms with van der Waals surface area (Å²) in [6.45, 7) is 4.76. The van der Waals surface area contributed by atoms with Crippen LogP contribution >= 0.6 is 0 Å². The summed E-state index contributed by atoms with van der Waals surface area (Å²) >= 11 is 0. The summed E-state index contributed by atoms with van der Waals surface area (Å²) in [5, 5.41) is 0. The Morgan fingerprint density at radius 1 is 1.23 bits per heavy atom. The number of rotatable bonds is 1. The summed E-state index contributed by atoms with van der Waals surface area (Å²) in [6, 6.07) is 0. The fourth-order valence-corrected chi connectivity index (χ4v) is 6.92. The average Bonchev–Trinajstić information content (AvgIpc) is 2.81. The highest BCUT2D eigenvalue weighted by Gasteiger charge is 2.62. The maximum atomic E-state index is 12.6. The molecule has 0 bridgehead atoms. The van der Waals surface area contributed by atoms with Crippen molar-refractivity contribution in [2.24, 2.45) is 34.5 Å². The lowest BCUT2D eigenvalue weighted by molar-refractivity contribution is -0.166. The third-order valence-corrected chi connectivity index (χ3v) is 8.08. The van der Waals surface area contributed by atoms with Gasteiger partial charge >= 0.3 is 0 Å². The Morgan fingerprint density at radius 2 is 2.05 bits per heavy atom. The summed E-state index contributed by atoms with van der Waals surface area (Å²) in [5.74, 6) is 3.18. The number of carbonyl (C=O) groups excluding carboxylic acids is 1. The Bertz CT molecular complexity index is 510. The zero-order valence-electron chi connectivity index (χ0n) is 14.3. The van der Waals surface area contributed by atoms with Crippen LogP contribution < -0.4 is 0 Å². The highest BCUT2D eigenvalue weighted by molar-refractivity contribution is 5.87. The van der Waals surface area contributed by atoms with Crippen molar-refractivity contribution in [2.45, 2.75) is 64.9 Å². The summed E-state index contributed by atoms with van der Waals surface area (Å²) in [6.07, 6.45) is 13.2. The molecule has 4 rings (SSSR count). The molecule has 0 saturated heterocycles. The molecule has 2 heteroatoms. The molecule has 2 nitrogen and oxygen atoms in total. The van der Waals surface area contributed by atoms with E-state index < -0.39 is 0 Å². The van der Waals surface area contributed by atoms with Crippen LogP contribution in [-0.4, -0.2) is 19.0 Å². The van der Waals surface area contributed by atoms with Crippen molar-refractivity contribution >= 4 is 5.78 Å². The molecular formula is C20H30O2. The van der Waals surface area contributed by atoms with Gasteiger partial charge in [-0.15, -0.1) is 0 Å². The van der Waals surface area contributed by atoms with Crippen LogP contribution in [0, 0.1) is 34.5 Å². The molecule has 7 unspecified atom stereocenters. The van der Waals surface area contributed by atoms with E-state index in [1.54, 1.807) is 0 Å². The quantitative estimate of drug-likeness (QED) is 0.672. The van der Waals surface area contributed by atoms with Crippen molar-refractivity contribution in [3.8, 4) is 0 Å². The Hall–Kier alpha value is -0.630. The maximum Gasteiger partial charge on any atom is 0.139 e. The first-order chi connectivity index (χ1) is 10.5. The van der Waals surface area contributed by atoms with Crippen LogP contribution in [0.4, 0.5) is 0 Å². The highest BCUT2D eigenvalue weighted by Crippen LogP contribution is 2.65. The molecule has 0 amide bonds. The lowest BCUT2D eigenvalue weighted by Gasteiger charge is -2.60. The minimum Gasteiger partial charge on any atom is -0.381 e. The summed E-state index contributed by atoms with van der Waals surface area (Å²) in [5.41, 5.74) is 0.279. The predicted molar refractivity (Wildman–Crippen MR) is 87.4 cm³/mol. The molecule has 4 aliphatic carbocycles. The number of ether oxygens (including phenoxy) is 1. The molecule has 0 radical (unpaired) electrons. The number of hydrogen-bond donors (Lipinski definition) is 0. The number of fused-ring (bicyclic) bond motifs is 5. The topological polar surface area (TPSA) is 26.3 Å². The monoisotopic (exact) mass is 302 g/mol. The molecule has 0 aliphatic heterocycles. The van der Waals surface area contributed by atoms with E-state index in [0.717, 1.165) is 25.2 Å². The molecule has 22 heavy (non-hydrogen) atoms. The average molecular weight is 302 g/mol. The fraction of sp³-hybridized carbons (Fsp3) is 0.850. The van der Waals surface area contributed by atoms with Crippen LogP contribution in [0.25, 0.3) is 0 Å². The molecule has 7 atom stereocenters. The van der Waals surface area contributed by atoms with Crippen molar-refractivity contribution in [2.75, 3.05) is 7.11 Å². The zero-order chi connectivity index (χ0) is 15.5. The van der Waals surface area contributed by atoms with Crippen LogP contribution in [0.2, 0.25) is 0 Å². The molecule has 0 heterocycles. The van der Waals surface area contributed by atoms with Gasteiger partial charge in [0.15, 0.2) is 0 Å². The minimum absolute atomic E-state index is 0.102. The van der Waals surface area contributed by atoms with Crippen LogP contribution in [0.15, 0.2) is 12.2 Å². The van der Waals surface area contributed by atoms with E-state index in [-0.39, 0.29) is 11.5 Å². The lowest BCUT2D eigenvalue weighted by Crippen LogP contribution is -2.58. The van der Waals surface area contributed by atoms with Crippen LogP contribution in [-0.2, 0) is 9.53 Å². The third kappa shape index (κ3) is 1.79. The van der Waals surface area contributed by atoms with Gasteiger partial charge < -0.3 is 4.74 Å². The summed E-state index contributed by atoms with van der Waals surface area (Å²) in [4.78, 5) is 12.6. The smallest absolute Gasteiger partial charge is 0.139 e. The van der Waals surface area contributed by atoms with Gasteiger partial charge in [-0.05, 0) is 67.6 Å². The van der Waals surface area contributed by atoms with E-state index in [4.69, 9.17) is 4.74 Å². The second-order valence-electron chi connectivity index (χ2n) is 8.81. The molecule has 3 saturated carbocycles. The van der Waals surface area contributed by atoms with Gasteiger partial charge in [0.1, 0.15) is 5.78 Å². The van der Waals surface area contributed by atoms with E-state index in [2.05, 4.69) is 26.0 Å². The Kier molecular flexibility index (Phi) is 3.35. The molecule has 0 spiro atoms. The second kappa shape index (κ2) is 4.93. The van der Waals surface area contributed by atoms with Crippen LogP contribution in [0.3, 0.4) is 0 Å². The SMILES string of the molecule is COC1CC2(C)C(=O)CCC2C2CCC3C=CCCC3(C)C12. The normalized spacial score (nSPS) is 53.8. The number of methoxy groups -OCH3 is 1. The van der Waals surface area contributed by atoms with E-state index in [1.165, 1.54) is 25.7 Å². The van der Waals surface area contributed by atoms with E-state index >= 15 is 0 Å². The van der Waals surface area contributed by atoms with E-state index in [0.29, 0.717) is 29.0 Å². The van der Waals surface area contributed by atoms with Gasteiger partial charge in [0.05, 0.1) is 6.10 Å². The van der Waals surface area contributed by atoms with Crippen molar-refractivity contribution < 1.29 is 9.53 Å². The number of Topliss-reactive ketones (excluding diaryl/α,β-unsaturated/α-hetero) is 1. The maximum absolute atomic E-state index is 12.6. The Balaban J connectivity index is 1.75. The molecule has 0 aromatic rings. The third-order valence-electron chi connectivity index (χ3n) is 8.08. The predicted octanol–water partition coefficient (Wildman–Crippen LogP) is 4.39. The second-order valence-corrected chi connectivity index (χ2v) is 8.81. The fourth-order valence-electron chi connectivity index (χ4n) is 6.92.